The lowest BCUT2D eigenvalue weighted by Crippen LogP contribution is -2.45. The fourth-order valence-electron chi connectivity index (χ4n) is 3.06. The first-order valence-corrected chi connectivity index (χ1v) is 9.93. The fourth-order valence-corrected chi connectivity index (χ4v) is 4.30. The number of carbonyl (C=O) groups is 2. The minimum Gasteiger partial charge on any atom is -0.480 e. The van der Waals surface area contributed by atoms with E-state index in [-0.39, 0.29) is 29.1 Å². The Balaban J connectivity index is 1.76. The molecule has 2 aliphatic rings. The van der Waals surface area contributed by atoms with Crippen LogP contribution in [0.15, 0.2) is 34.2 Å². The summed E-state index contributed by atoms with van der Waals surface area (Å²) in [4.78, 5) is 29.8. The Labute approximate surface area is 152 Å². The van der Waals surface area contributed by atoms with Crippen molar-refractivity contribution in [2.45, 2.75) is 56.1 Å². The molecule has 0 radical (unpaired) electrons. The number of carboxylic acids is 1. The highest BCUT2D eigenvalue weighted by atomic mass is 32.2. The predicted molar refractivity (Wildman–Crippen MR) is 94.3 cm³/mol. The number of sulfonamides is 1. The number of fused-ring (bicyclic) bond motifs is 1. The standard InChI is InChI=1S/C17H21N3O5S/c1-10(9-15(21)20(12-7-8-12)11(2)17(22)23)18-16-13-5-3-4-6-14(13)26(24,25)19-16/h3-6,10-12H,7-9H2,1-2H3,(H,18,19)(H,22,23). The normalized spacial score (nSPS) is 21.5. The predicted octanol–water partition coefficient (Wildman–Crippen LogP) is 0.968. The number of nitrogens with one attached hydrogen (secondary N) is 1. The van der Waals surface area contributed by atoms with Crippen molar-refractivity contribution in [1.82, 2.24) is 9.62 Å². The molecular weight excluding hydrogens is 358 g/mol. The van der Waals surface area contributed by atoms with Gasteiger partial charge in [0, 0.05) is 18.0 Å². The number of aliphatic carboxylic acids is 1. The third-order valence-corrected chi connectivity index (χ3v) is 5.88. The minimum atomic E-state index is -3.63. The van der Waals surface area contributed by atoms with Crippen molar-refractivity contribution in [3.05, 3.63) is 29.8 Å². The largest absolute Gasteiger partial charge is 0.480 e. The van der Waals surface area contributed by atoms with Gasteiger partial charge in [-0.2, -0.15) is 0 Å². The van der Waals surface area contributed by atoms with Gasteiger partial charge in [-0.25, -0.2) is 13.2 Å². The number of amidine groups is 1. The van der Waals surface area contributed by atoms with Crippen LogP contribution in [0.4, 0.5) is 0 Å². The molecule has 1 saturated carbocycles. The van der Waals surface area contributed by atoms with Crippen molar-refractivity contribution in [2.75, 3.05) is 0 Å². The number of hydrogen-bond acceptors (Lipinski definition) is 5. The number of nitrogens with zero attached hydrogens (tertiary/aromatic N) is 2. The van der Waals surface area contributed by atoms with Crippen LogP contribution in [0.25, 0.3) is 0 Å². The second-order valence-electron chi connectivity index (χ2n) is 6.68. The van der Waals surface area contributed by atoms with Gasteiger partial charge in [-0.1, -0.05) is 12.1 Å². The first-order valence-electron chi connectivity index (χ1n) is 8.44. The number of carbonyl (C=O) groups excluding carboxylic acids is 1. The van der Waals surface area contributed by atoms with Crippen molar-refractivity contribution in [2.24, 2.45) is 4.99 Å². The molecule has 1 aromatic carbocycles. The van der Waals surface area contributed by atoms with Crippen LogP contribution in [-0.4, -0.2) is 54.3 Å². The SMILES string of the molecule is CC(CC(=O)N(C1CC1)C(C)C(=O)O)N=C1NS(=O)(=O)c2ccccc21. The molecule has 2 unspecified atom stereocenters. The fraction of sp³-hybridized carbons (Fsp3) is 0.471. The summed E-state index contributed by atoms with van der Waals surface area (Å²) in [5.41, 5.74) is 0.477. The van der Waals surface area contributed by atoms with Crippen molar-refractivity contribution in [3.63, 3.8) is 0 Å². The lowest BCUT2D eigenvalue weighted by Gasteiger charge is -2.27. The summed E-state index contributed by atoms with van der Waals surface area (Å²) in [7, 11) is -3.63. The number of amides is 1. The number of hydrogen-bond donors (Lipinski definition) is 2. The molecule has 1 aromatic rings. The van der Waals surface area contributed by atoms with E-state index >= 15 is 0 Å². The smallest absolute Gasteiger partial charge is 0.326 e. The summed E-state index contributed by atoms with van der Waals surface area (Å²) in [5, 5.41) is 9.21. The van der Waals surface area contributed by atoms with Gasteiger partial charge >= 0.3 is 5.97 Å². The molecule has 3 rings (SSSR count). The van der Waals surface area contributed by atoms with Crippen molar-refractivity contribution in [3.8, 4) is 0 Å². The third-order valence-electron chi connectivity index (χ3n) is 4.49. The van der Waals surface area contributed by atoms with Crippen LogP contribution in [-0.2, 0) is 19.6 Å². The van der Waals surface area contributed by atoms with E-state index in [0.717, 1.165) is 12.8 Å². The monoisotopic (exact) mass is 379 g/mol. The molecule has 8 nitrogen and oxygen atoms in total. The summed E-state index contributed by atoms with van der Waals surface area (Å²) in [6.07, 6.45) is 1.63. The van der Waals surface area contributed by atoms with Gasteiger partial charge in [0.05, 0.1) is 10.9 Å². The van der Waals surface area contributed by atoms with Gasteiger partial charge in [-0.15, -0.1) is 0 Å². The van der Waals surface area contributed by atoms with Gasteiger partial charge in [0.25, 0.3) is 10.0 Å². The summed E-state index contributed by atoms with van der Waals surface area (Å²) >= 11 is 0. The topological polar surface area (TPSA) is 116 Å². The maximum Gasteiger partial charge on any atom is 0.326 e. The molecule has 1 heterocycles. The second-order valence-corrected chi connectivity index (χ2v) is 8.33. The Kier molecular flexibility index (Phi) is 4.74. The van der Waals surface area contributed by atoms with Crippen molar-refractivity contribution < 1.29 is 23.1 Å². The van der Waals surface area contributed by atoms with Crippen LogP contribution < -0.4 is 4.72 Å². The molecule has 0 bridgehead atoms. The average molecular weight is 379 g/mol. The molecule has 2 N–H and O–H groups in total. The zero-order valence-corrected chi connectivity index (χ0v) is 15.4. The van der Waals surface area contributed by atoms with Gasteiger partial charge in [-0.05, 0) is 38.8 Å². The van der Waals surface area contributed by atoms with Gasteiger partial charge in [0.2, 0.25) is 5.91 Å². The maximum atomic E-state index is 12.6. The molecule has 9 heteroatoms. The minimum absolute atomic E-state index is 0.0154. The highest BCUT2D eigenvalue weighted by molar-refractivity contribution is 7.90. The molecule has 26 heavy (non-hydrogen) atoms. The van der Waals surface area contributed by atoms with Crippen molar-refractivity contribution >= 4 is 27.7 Å². The number of aliphatic imine (C=N–C) groups is 1. The van der Waals surface area contributed by atoms with Crippen LogP contribution in [0.5, 0.6) is 0 Å². The molecule has 2 atom stereocenters. The van der Waals surface area contributed by atoms with Crippen LogP contribution in [0.1, 0.15) is 38.7 Å². The Morgan fingerprint density at radius 3 is 2.58 bits per heavy atom. The Morgan fingerprint density at radius 1 is 1.31 bits per heavy atom. The summed E-state index contributed by atoms with van der Waals surface area (Å²) in [6, 6.07) is 5.10. The third kappa shape index (κ3) is 3.57. The number of rotatable bonds is 6. The van der Waals surface area contributed by atoms with Gasteiger partial charge < -0.3 is 10.0 Å². The van der Waals surface area contributed by atoms with E-state index in [1.54, 1.807) is 25.1 Å². The number of benzene rings is 1. The highest BCUT2D eigenvalue weighted by Gasteiger charge is 2.38. The van der Waals surface area contributed by atoms with Gasteiger partial charge in [0.15, 0.2) is 0 Å². The number of carboxylic acid groups (broad SMARTS) is 1. The quantitative estimate of drug-likeness (QED) is 0.764. The van der Waals surface area contributed by atoms with Crippen LogP contribution in [0.2, 0.25) is 0 Å². The lowest BCUT2D eigenvalue weighted by atomic mass is 10.1. The summed E-state index contributed by atoms with van der Waals surface area (Å²) < 4.78 is 26.6. The summed E-state index contributed by atoms with van der Waals surface area (Å²) in [6.45, 7) is 3.20. The molecule has 140 valence electrons. The Bertz CT molecular complexity index is 876. The first-order chi connectivity index (χ1) is 12.2. The van der Waals surface area contributed by atoms with Crippen molar-refractivity contribution in [1.29, 1.82) is 0 Å². The van der Waals surface area contributed by atoms with E-state index in [4.69, 9.17) is 0 Å². The van der Waals surface area contributed by atoms with Gasteiger partial charge in [-0.3, -0.25) is 14.5 Å². The van der Waals surface area contributed by atoms with Crippen LogP contribution >= 0.6 is 0 Å². The van der Waals surface area contributed by atoms with E-state index in [1.165, 1.54) is 17.9 Å². The maximum absolute atomic E-state index is 12.6. The van der Waals surface area contributed by atoms with E-state index in [1.807, 2.05) is 0 Å². The molecule has 1 fully saturated rings. The van der Waals surface area contributed by atoms with E-state index in [9.17, 15) is 23.1 Å². The highest BCUT2D eigenvalue weighted by Crippen LogP contribution is 2.30. The zero-order valence-electron chi connectivity index (χ0n) is 14.5. The first kappa shape index (κ1) is 18.4. The van der Waals surface area contributed by atoms with E-state index in [0.29, 0.717) is 5.56 Å². The molecule has 1 aliphatic heterocycles. The second kappa shape index (κ2) is 6.71. The average Bonchev–Trinajstić information content (AvgIpc) is 3.34. The van der Waals surface area contributed by atoms with Gasteiger partial charge in [0.1, 0.15) is 11.9 Å². The molecular formula is C17H21N3O5S. The molecule has 0 spiro atoms. The summed E-state index contributed by atoms with van der Waals surface area (Å²) in [5.74, 6) is -1.11. The van der Waals surface area contributed by atoms with Crippen LogP contribution in [0, 0.1) is 0 Å². The molecule has 1 amide bonds. The zero-order chi connectivity index (χ0) is 19.1. The van der Waals surface area contributed by atoms with Crippen LogP contribution in [0.3, 0.4) is 0 Å². The lowest BCUT2D eigenvalue weighted by molar-refractivity contribution is -0.150. The van der Waals surface area contributed by atoms with E-state index in [2.05, 4.69) is 9.71 Å². The molecule has 0 saturated heterocycles. The van der Waals surface area contributed by atoms with E-state index < -0.39 is 28.1 Å². The molecule has 1 aliphatic carbocycles. The molecule has 0 aromatic heterocycles. The Hall–Kier alpha value is -2.42. The Morgan fingerprint density at radius 2 is 1.96 bits per heavy atom.